The van der Waals surface area contributed by atoms with Crippen molar-refractivity contribution in [2.45, 2.75) is 69.9 Å². The maximum atomic E-state index is 12.7. The smallest absolute Gasteiger partial charge is 0.227 e. The fourth-order valence-electron chi connectivity index (χ4n) is 4.41. The number of carbonyl (C=O) groups is 1. The number of amides is 1. The first-order valence-corrected chi connectivity index (χ1v) is 7.83. The Kier molecular flexibility index (Phi) is 3.60. The van der Waals surface area contributed by atoms with Crippen LogP contribution in [0.1, 0.15) is 57.8 Å². The molecule has 0 radical (unpaired) electrons. The number of hydrogen-bond donors (Lipinski definition) is 1. The van der Waals surface area contributed by atoms with Crippen molar-refractivity contribution in [1.29, 1.82) is 0 Å². The van der Waals surface area contributed by atoms with Crippen LogP contribution in [0, 0.1) is 11.8 Å². The summed E-state index contributed by atoms with van der Waals surface area (Å²) >= 11 is 0. The Hall–Kier alpha value is -0.570. The third-order valence-corrected chi connectivity index (χ3v) is 5.41. The normalized spacial score (nSPS) is 40.6. The van der Waals surface area contributed by atoms with Gasteiger partial charge in [0.1, 0.15) is 0 Å². The molecule has 1 aliphatic heterocycles. The van der Waals surface area contributed by atoms with E-state index in [0.717, 1.165) is 31.7 Å². The number of fused-ring (bicyclic) bond motifs is 1. The standard InChI is InChI=1S/C15H26N2O/c16-13-8-3-7-12(13)15(18)17-10-4-6-11-5-1-2-9-14(11)17/h11-14H,1-10,16H2. The third-order valence-electron chi connectivity index (χ3n) is 5.41. The SMILES string of the molecule is NC1CCCC1C(=O)N1CCCC2CCCCC21. The maximum Gasteiger partial charge on any atom is 0.227 e. The highest BCUT2D eigenvalue weighted by molar-refractivity contribution is 5.80. The number of nitrogens with zero attached hydrogens (tertiary/aromatic N) is 1. The molecule has 1 saturated heterocycles. The molecule has 3 heteroatoms. The number of likely N-dealkylation sites (tertiary alicyclic amines) is 1. The quantitative estimate of drug-likeness (QED) is 0.776. The van der Waals surface area contributed by atoms with Gasteiger partial charge in [0.15, 0.2) is 0 Å². The van der Waals surface area contributed by atoms with E-state index in [0.29, 0.717) is 11.9 Å². The van der Waals surface area contributed by atoms with Crippen LogP contribution >= 0.6 is 0 Å². The molecule has 0 spiro atoms. The Morgan fingerprint density at radius 2 is 1.72 bits per heavy atom. The fraction of sp³-hybridized carbons (Fsp3) is 0.933. The molecule has 0 bridgehead atoms. The fourth-order valence-corrected chi connectivity index (χ4v) is 4.41. The summed E-state index contributed by atoms with van der Waals surface area (Å²) in [5.74, 6) is 1.30. The number of nitrogens with two attached hydrogens (primary N) is 1. The Morgan fingerprint density at radius 3 is 2.50 bits per heavy atom. The van der Waals surface area contributed by atoms with Crippen LogP contribution in [0.5, 0.6) is 0 Å². The van der Waals surface area contributed by atoms with Crippen LogP contribution in [0.3, 0.4) is 0 Å². The largest absolute Gasteiger partial charge is 0.339 e. The van der Waals surface area contributed by atoms with Gasteiger partial charge in [-0.2, -0.15) is 0 Å². The van der Waals surface area contributed by atoms with Crippen LogP contribution in [0.4, 0.5) is 0 Å². The molecule has 18 heavy (non-hydrogen) atoms. The zero-order chi connectivity index (χ0) is 12.5. The number of rotatable bonds is 1. The minimum atomic E-state index is 0.126. The molecular formula is C15H26N2O. The molecule has 3 nitrogen and oxygen atoms in total. The van der Waals surface area contributed by atoms with Gasteiger partial charge in [0, 0.05) is 18.6 Å². The van der Waals surface area contributed by atoms with Gasteiger partial charge in [-0.05, 0) is 44.4 Å². The second kappa shape index (κ2) is 5.20. The molecule has 0 aromatic heterocycles. The Labute approximate surface area is 110 Å². The lowest BCUT2D eigenvalue weighted by molar-refractivity contribution is -0.142. The predicted molar refractivity (Wildman–Crippen MR) is 72.0 cm³/mol. The first-order chi connectivity index (χ1) is 8.77. The van der Waals surface area contributed by atoms with Crippen LogP contribution in [-0.4, -0.2) is 29.4 Å². The molecule has 1 heterocycles. The minimum Gasteiger partial charge on any atom is -0.339 e. The molecule has 2 N–H and O–H groups in total. The topological polar surface area (TPSA) is 46.3 Å². The summed E-state index contributed by atoms with van der Waals surface area (Å²) in [6, 6.07) is 0.675. The summed E-state index contributed by atoms with van der Waals surface area (Å²) in [6.07, 6.45) is 11.0. The van der Waals surface area contributed by atoms with Crippen molar-refractivity contribution in [1.82, 2.24) is 4.90 Å². The van der Waals surface area contributed by atoms with Gasteiger partial charge in [0.2, 0.25) is 5.91 Å². The van der Waals surface area contributed by atoms with Crippen molar-refractivity contribution in [3.05, 3.63) is 0 Å². The van der Waals surface area contributed by atoms with E-state index in [4.69, 9.17) is 5.73 Å². The third kappa shape index (κ3) is 2.18. The van der Waals surface area contributed by atoms with Crippen molar-refractivity contribution in [3.63, 3.8) is 0 Å². The van der Waals surface area contributed by atoms with Gasteiger partial charge in [-0.1, -0.05) is 19.3 Å². The van der Waals surface area contributed by atoms with Crippen LogP contribution in [0.2, 0.25) is 0 Å². The van der Waals surface area contributed by atoms with Gasteiger partial charge < -0.3 is 10.6 Å². The van der Waals surface area contributed by atoms with Gasteiger partial charge >= 0.3 is 0 Å². The Balaban J connectivity index is 1.71. The maximum absolute atomic E-state index is 12.7. The van der Waals surface area contributed by atoms with Gasteiger partial charge in [-0.25, -0.2) is 0 Å². The molecule has 1 amide bonds. The molecule has 4 atom stereocenters. The zero-order valence-electron chi connectivity index (χ0n) is 11.3. The van der Waals surface area contributed by atoms with Gasteiger partial charge in [-0.3, -0.25) is 4.79 Å². The molecule has 4 unspecified atom stereocenters. The van der Waals surface area contributed by atoms with Crippen LogP contribution in [0.15, 0.2) is 0 Å². The molecule has 2 saturated carbocycles. The van der Waals surface area contributed by atoms with E-state index in [2.05, 4.69) is 4.90 Å². The Morgan fingerprint density at radius 1 is 0.944 bits per heavy atom. The summed E-state index contributed by atoms with van der Waals surface area (Å²) in [6.45, 7) is 0.989. The minimum absolute atomic E-state index is 0.126. The van der Waals surface area contributed by atoms with Crippen LogP contribution in [0.25, 0.3) is 0 Å². The molecule has 3 fully saturated rings. The summed E-state index contributed by atoms with van der Waals surface area (Å²) in [4.78, 5) is 14.9. The van der Waals surface area contributed by atoms with Gasteiger partial charge in [0.25, 0.3) is 0 Å². The number of carbonyl (C=O) groups excluding carboxylic acids is 1. The van der Waals surface area contributed by atoms with Crippen molar-refractivity contribution >= 4 is 5.91 Å². The molecule has 2 aliphatic carbocycles. The van der Waals surface area contributed by atoms with Crippen molar-refractivity contribution in [3.8, 4) is 0 Å². The van der Waals surface area contributed by atoms with Gasteiger partial charge in [0.05, 0.1) is 5.92 Å². The number of piperidine rings is 1. The van der Waals surface area contributed by atoms with Crippen LogP contribution < -0.4 is 5.73 Å². The Bertz CT molecular complexity index is 316. The predicted octanol–water partition coefficient (Wildman–Crippen LogP) is 2.29. The highest BCUT2D eigenvalue weighted by Crippen LogP contribution is 2.37. The first-order valence-electron chi connectivity index (χ1n) is 7.83. The van der Waals surface area contributed by atoms with Gasteiger partial charge in [-0.15, -0.1) is 0 Å². The van der Waals surface area contributed by atoms with E-state index in [1.165, 1.54) is 38.5 Å². The van der Waals surface area contributed by atoms with Crippen LogP contribution in [-0.2, 0) is 4.79 Å². The van der Waals surface area contributed by atoms with E-state index in [9.17, 15) is 4.79 Å². The second-order valence-electron chi connectivity index (χ2n) is 6.49. The van der Waals surface area contributed by atoms with E-state index in [1.54, 1.807) is 0 Å². The molecule has 3 rings (SSSR count). The first kappa shape index (κ1) is 12.5. The van der Waals surface area contributed by atoms with Crippen molar-refractivity contribution in [2.24, 2.45) is 17.6 Å². The summed E-state index contributed by atoms with van der Waals surface area (Å²) in [5, 5.41) is 0. The summed E-state index contributed by atoms with van der Waals surface area (Å²) in [7, 11) is 0. The van der Waals surface area contributed by atoms with Crippen molar-refractivity contribution in [2.75, 3.05) is 6.54 Å². The molecular weight excluding hydrogens is 224 g/mol. The molecule has 0 aromatic carbocycles. The molecule has 3 aliphatic rings. The lowest BCUT2D eigenvalue weighted by atomic mass is 9.78. The average molecular weight is 250 g/mol. The average Bonchev–Trinajstić information content (AvgIpc) is 2.83. The molecule has 102 valence electrons. The summed E-state index contributed by atoms with van der Waals surface area (Å²) < 4.78 is 0. The van der Waals surface area contributed by atoms with E-state index < -0.39 is 0 Å². The molecule has 0 aromatic rings. The summed E-state index contributed by atoms with van der Waals surface area (Å²) in [5.41, 5.74) is 6.11. The monoisotopic (exact) mass is 250 g/mol. The van der Waals surface area contributed by atoms with E-state index in [-0.39, 0.29) is 12.0 Å². The zero-order valence-corrected chi connectivity index (χ0v) is 11.3. The highest BCUT2D eigenvalue weighted by atomic mass is 16.2. The number of hydrogen-bond acceptors (Lipinski definition) is 2. The lowest BCUT2D eigenvalue weighted by Crippen LogP contribution is -2.53. The van der Waals surface area contributed by atoms with E-state index >= 15 is 0 Å². The highest BCUT2D eigenvalue weighted by Gasteiger charge is 2.40. The second-order valence-corrected chi connectivity index (χ2v) is 6.49. The van der Waals surface area contributed by atoms with E-state index in [1.807, 2.05) is 0 Å². The lowest BCUT2D eigenvalue weighted by Gasteiger charge is -2.45. The van der Waals surface area contributed by atoms with Crippen molar-refractivity contribution < 1.29 is 4.79 Å².